The summed E-state index contributed by atoms with van der Waals surface area (Å²) < 4.78 is 2.20. The lowest BCUT2D eigenvalue weighted by Crippen LogP contribution is -2.17. The van der Waals surface area contributed by atoms with Gasteiger partial charge in [-0.1, -0.05) is 30.3 Å². The van der Waals surface area contributed by atoms with Crippen LogP contribution in [0.3, 0.4) is 0 Å². The van der Waals surface area contributed by atoms with E-state index in [0.717, 1.165) is 13.1 Å². The summed E-state index contributed by atoms with van der Waals surface area (Å²) in [5.74, 6) is 0. The maximum atomic E-state index is 3.54. The predicted molar refractivity (Wildman–Crippen MR) is 71.8 cm³/mol. The smallest absolute Gasteiger partial charge is 0.0294 e. The monoisotopic (exact) mass is 228 g/mol. The quantitative estimate of drug-likeness (QED) is 0.830. The summed E-state index contributed by atoms with van der Waals surface area (Å²) >= 11 is 0. The summed E-state index contributed by atoms with van der Waals surface area (Å²) in [5.41, 5.74) is 2.68. The number of benzene rings is 1. The Kier molecular flexibility index (Phi) is 3.99. The minimum absolute atomic E-state index is 0.390. The van der Waals surface area contributed by atoms with E-state index < -0.39 is 0 Å². The predicted octanol–water partition coefficient (Wildman–Crippen LogP) is 3.36. The minimum Gasteiger partial charge on any atom is -0.354 e. The summed E-state index contributed by atoms with van der Waals surface area (Å²) in [7, 11) is 0. The van der Waals surface area contributed by atoms with Gasteiger partial charge in [-0.3, -0.25) is 0 Å². The highest BCUT2D eigenvalue weighted by atomic mass is 14.9. The molecule has 1 aromatic heterocycles. The highest BCUT2D eigenvalue weighted by Crippen LogP contribution is 2.12. The second-order valence-corrected chi connectivity index (χ2v) is 4.36. The van der Waals surface area contributed by atoms with Gasteiger partial charge in [-0.15, -0.1) is 0 Å². The Morgan fingerprint density at radius 1 is 1.18 bits per heavy atom. The first kappa shape index (κ1) is 11.9. The van der Waals surface area contributed by atoms with Crippen LogP contribution in [-0.2, 0) is 13.1 Å². The lowest BCUT2D eigenvalue weighted by Gasteiger charge is -2.13. The molecule has 17 heavy (non-hydrogen) atoms. The number of nitrogens with zero attached hydrogens (tertiary/aromatic N) is 1. The number of aromatic nitrogens is 1. The molecule has 0 fully saturated rings. The van der Waals surface area contributed by atoms with Crippen molar-refractivity contribution in [2.75, 3.05) is 0 Å². The zero-order valence-corrected chi connectivity index (χ0v) is 10.6. The number of aryl methyl sites for hydroxylation is 1. The summed E-state index contributed by atoms with van der Waals surface area (Å²) in [5, 5.41) is 3.54. The lowest BCUT2D eigenvalue weighted by molar-refractivity contribution is 0.574. The fourth-order valence-corrected chi connectivity index (χ4v) is 1.92. The molecule has 2 rings (SSSR count). The van der Waals surface area contributed by atoms with Crippen LogP contribution in [0.1, 0.15) is 31.0 Å². The Morgan fingerprint density at radius 3 is 2.59 bits per heavy atom. The van der Waals surface area contributed by atoms with Crippen molar-refractivity contribution in [3.8, 4) is 0 Å². The first-order valence-corrected chi connectivity index (χ1v) is 6.22. The van der Waals surface area contributed by atoms with Crippen molar-refractivity contribution in [3.63, 3.8) is 0 Å². The van der Waals surface area contributed by atoms with E-state index in [-0.39, 0.29) is 0 Å². The van der Waals surface area contributed by atoms with Crippen LogP contribution in [-0.4, -0.2) is 4.57 Å². The third kappa shape index (κ3) is 3.21. The third-order valence-corrected chi connectivity index (χ3v) is 3.09. The van der Waals surface area contributed by atoms with Crippen LogP contribution in [0.15, 0.2) is 48.8 Å². The van der Waals surface area contributed by atoms with Gasteiger partial charge in [0.05, 0.1) is 0 Å². The average Bonchev–Trinajstić information content (AvgIpc) is 2.85. The van der Waals surface area contributed by atoms with Crippen LogP contribution in [0.5, 0.6) is 0 Å². The summed E-state index contributed by atoms with van der Waals surface area (Å²) in [6.07, 6.45) is 4.33. The van der Waals surface area contributed by atoms with Crippen molar-refractivity contribution in [1.29, 1.82) is 0 Å². The highest BCUT2D eigenvalue weighted by molar-refractivity contribution is 5.18. The molecule has 2 nitrogen and oxygen atoms in total. The van der Waals surface area contributed by atoms with Gasteiger partial charge in [-0.2, -0.15) is 0 Å². The first-order chi connectivity index (χ1) is 8.29. The standard InChI is InChI=1S/C15H20N2/c1-3-17-10-9-14(12-17)11-16-13(2)15-7-5-4-6-8-15/h4-10,12-13,16H,3,11H2,1-2H3/t13-/m1/s1. The normalized spacial score (nSPS) is 12.6. The summed E-state index contributed by atoms with van der Waals surface area (Å²) in [6.45, 7) is 6.31. The number of rotatable bonds is 5. The van der Waals surface area contributed by atoms with Gasteiger partial charge in [0.15, 0.2) is 0 Å². The molecular weight excluding hydrogens is 208 g/mol. The van der Waals surface area contributed by atoms with E-state index in [4.69, 9.17) is 0 Å². The Bertz CT molecular complexity index is 445. The second kappa shape index (κ2) is 5.69. The molecule has 2 heteroatoms. The number of nitrogens with one attached hydrogen (secondary N) is 1. The highest BCUT2D eigenvalue weighted by Gasteiger charge is 2.04. The molecule has 0 aliphatic carbocycles. The SMILES string of the molecule is CCn1ccc(CN[C@H](C)c2ccccc2)c1. The lowest BCUT2D eigenvalue weighted by atomic mass is 10.1. The van der Waals surface area contributed by atoms with Gasteiger partial charge in [0.25, 0.3) is 0 Å². The van der Waals surface area contributed by atoms with Crippen molar-refractivity contribution in [2.24, 2.45) is 0 Å². The van der Waals surface area contributed by atoms with Crippen molar-refractivity contribution >= 4 is 0 Å². The Labute approximate surface area is 103 Å². The Morgan fingerprint density at radius 2 is 1.94 bits per heavy atom. The molecule has 1 heterocycles. The molecule has 0 unspecified atom stereocenters. The van der Waals surface area contributed by atoms with E-state index in [0.29, 0.717) is 6.04 Å². The Hall–Kier alpha value is -1.54. The molecule has 0 spiro atoms. The molecular formula is C15H20N2. The number of hydrogen-bond acceptors (Lipinski definition) is 1. The molecule has 1 aromatic carbocycles. The van der Waals surface area contributed by atoms with Crippen LogP contribution in [0.25, 0.3) is 0 Å². The molecule has 0 aliphatic rings. The van der Waals surface area contributed by atoms with E-state index in [9.17, 15) is 0 Å². The summed E-state index contributed by atoms with van der Waals surface area (Å²) in [6, 6.07) is 13.1. The van der Waals surface area contributed by atoms with E-state index >= 15 is 0 Å². The van der Waals surface area contributed by atoms with E-state index in [1.165, 1.54) is 11.1 Å². The van der Waals surface area contributed by atoms with Crippen LogP contribution in [0.2, 0.25) is 0 Å². The van der Waals surface area contributed by atoms with Crippen molar-refractivity contribution in [3.05, 3.63) is 59.9 Å². The molecule has 0 saturated carbocycles. The number of hydrogen-bond donors (Lipinski definition) is 1. The van der Waals surface area contributed by atoms with E-state index in [1.54, 1.807) is 0 Å². The molecule has 1 atom stereocenters. The minimum atomic E-state index is 0.390. The third-order valence-electron chi connectivity index (χ3n) is 3.09. The maximum Gasteiger partial charge on any atom is 0.0294 e. The molecule has 0 saturated heterocycles. The van der Waals surface area contributed by atoms with Crippen molar-refractivity contribution in [1.82, 2.24) is 9.88 Å². The Balaban J connectivity index is 1.90. The topological polar surface area (TPSA) is 17.0 Å². The van der Waals surface area contributed by atoms with Gasteiger partial charge < -0.3 is 9.88 Å². The van der Waals surface area contributed by atoms with E-state index in [2.05, 4.69) is 72.5 Å². The maximum absolute atomic E-state index is 3.54. The first-order valence-electron chi connectivity index (χ1n) is 6.22. The van der Waals surface area contributed by atoms with Crippen LogP contribution >= 0.6 is 0 Å². The van der Waals surface area contributed by atoms with Crippen molar-refractivity contribution in [2.45, 2.75) is 33.0 Å². The van der Waals surface area contributed by atoms with Gasteiger partial charge >= 0.3 is 0 Å². The molecule has 0 amide bonds. The van der Waals surface area contributed by atoms with Crippen LogP contribution in [0, 0.1) is 0 Å². The molecule has 1 N–H and O–H groups in total. The van der Waals surface area contributed by atoms with Gasteiger partial charge in [0, 0.05) is 31.5 Å². The fraction of sp³-hybridized carbons (Fsp3) is 0.333. The van der Waals surface area contributed by atoms with E-state index in [1.807, 2.05) is 0 Å². The van der Waals surface area contributed by atoms with Gasteiger partial charge in [0.1, 0.15) is 0 Å². The average molecular weight is 228 g/mol. The van der Waals surface area contributed by atoms with Crippen LogP contribution < -0.4 is 5.32 Å². The molecule has 0 radical (unpaired) electrons. The largest absolute Gasteiger partial charge is 0.354 e. The zero-order chi connectivity index (χ0) is 12.1. The second-order valence-electron chi connectivity index (χ2n) is 4.36. The summed E-state index contributed by atoms with van der Waals surface area (Å²) in [4.78, 5) is 0. The van der Waals surface area contributed by atoms with Gasteiger partial charge in [0.2, 0.25) is 0 Å². The fourth-order valence-electron chi connectivity index (χ4n) is 1.92. The van der Waals surface area contributed by atoms with Gasteiger partial charge in [-0.05, 0) is 31.0 Å². The molecule has 90 valence electrons. The molecule has 0 aliphatic heterocycles. The van der Waals surface area contributed by atoms with Crippen molar-refractivity contribution < 1.29 is 0 Å². The van der Waals surface area contributed by atoms with Crippen LogP contribution in [0.4, 0.5) is 0 Å². The zero-order valence-electron chi connectivity index (χ0n) is 10.6. The van der Waals surface area contributed by atoms with Gasteiger partial charge in [-0.25, -0.2) is 0 Å². The molecule has 0 bridgehead atoms. The molecule has 2 aromatic rings.